The van der Waals surface area contributed by atoms with Crippen molar-refractivity contribution in [2.75, 3.05) is 0 Å². The fraction of sp³-hybridized carbons (Fsp3) is 0.333. The molecular weight excluding hydrogens is 259 g/mol. The lowest BCUT2D eigenvalue weighted by molar-refractivity contribution is -0.128. The van der Waals surface area contributed by atoms with Crippen LogP contribution in [0.15, 0.2) is 0 Å². The van der Waals surface area contributed by atoms with E-state index in [4.69, 9.17) is 5.73 Å². The molecule has 0 aromatic heterocycles. The minimum atomic E-state index is -0.649. The lowest BCUT2D eigenvalue weighted by atomic mass is 11.3. The summed E-state index contributed by atoms with van der Waals surface area (Å²) in [6.45, 7) is 0. The van der Waals surface area contributed by atoms with Crippen LogP contribution in [-0.2, 0) is 9.59 Å². The molecule has 52 valence electrons. The minimum absolute atomic E-state index is 0.295. The molecule has 0 aliphatic heterocycles. The number of nitrogens with two attached hydrogens (primary N) is 1. The molecule has 0 bridgehead atoms. The molecule has 0 fully saturated rings. The zero-order valence-corrected chi connectivity index (χ0v) is 7.48. The zero-order valence-electron chi connectivity index (χ0n) is 4.30. The van der Waals surface area contributed by atoms with Crippen LogP contribution >= 0.6 is 32.3 Å². The third-order valence-electron chi connectivity index (χ3n) is 0.514. The Balaban J connectivity index is 3.64. The van der Waals surface area contributed by atoms with Crippen LogP contribution in [0.4, 0.5) is 0 Å². The largest absolute Gasteiger partial charge is 0.369 e. The van der Waals surface area contributed by atoms with Crippen LogP contribution in [0, 0.1) is 0 Å². The molecule has 9 heavy (non-hydrogen) atoms. The van der Waals surface area contributed by atoms with Gasteiger partial charge in [-0.3, -0.25) is 9.59 Å². The Morgan fingerprint density at radius 1 is 1.44 bits per heavy atom. The number of hydrogen-bond acceptors (Lipinski definition) is 2. The number of primary amides is 1. The van der Waals surface area contributed by atoms with Gasteiger partial charge in [-0.25, -0.2) is 2.95 Å². The second-order valence-electron chi connectivity index (χ2n) is 1.27. The van der Waals surface area contributed by atoms with E-state index in [1.807, 2.05) is 0 Å². The van der Waals surface area contributed by atoms with Gasteiger partial charge in [0.2, 0.25) is 5.91 Å². The highest BCUT2D eigenvalue weighted by Crippen LogP contribution is 2.06. The molecule has 2 amide bonds. The number of rotatable bonds is 2. The first-order valence-corrected chi connectivity index (χ1v) is 3.38. The Bertz CT molecular complexity index is 136. The van der Waals surface area contributed by atoms with Crippen LogP contribution in [0.5, 0.6) is 0 Å². The molecule has 0 aromatic carbocycles. The van der Waals surface area contributed by atoms with Crippen LogP contribution < -0.4 is 5.73 Å². The average Bonchev–Trinajstić information content (AvgIpc) is 1.63. The van der Waals surface area contributed by atoms with Crippen molar-refractivity contribution in [2.24, 2.45) is 5.73 Å². The van der Waals surface area contributed by atoms with Crippen molar-refractivity contribution in [3.63, 3.8) is 0 Å². The van der Waals surface area contributed by atoms with Gasteiger partial charge in [0.15, 0.2) is 0 Å². The van der Waals surface area contributed by atoms with Gasteiger partial charge in [-0.2, -0.15) is 0 Å². The topological polar surface area (TPSA) is 63.4 Å². The van der Waals surface area contributed by atoms with Crippen LogP contribution in [0.2, 0.25) is 0 Å². The van der Waals surface area contributed by atoms with Crippen molar-refractivity contribution in [1.82, 2.24) is 2.95 Å². The number of carbonyl (C=O) groups is 2. The van der Waals surface area contributed by atoms with Crippen LogP contribution in [0.25, 0.3) is 0 Å². The van der Waals surface area contributed by atoms with Crippen molar-refractivity contribution < 1.29 is 9.59 Å². The summed E-state index contributed by atoms with van der Waals surface area (Å²) < 4.78 is 0.949. The molecule has 0 aromatic rings. The standard InChI is InChI=1S/C3H4Br2N2O2/c4-7(5)3(9)1-2(6)8/h1H2,(H2,6,8)/i1+1,2+1,3+1. The summed E-state index contributed by atoms with van der Waals surface area (Å²) in [5.41, 5.74) is 4.70. The molecule has 0 atom stereocenters. The van der Waals surface area contributed by atoms with Gasteiger partial charge in [-0.1, -0.05) is 0 Å². The van der Waals surface area contributed by atoms with Crippen molar-refractivity contribution in [3.05, 3.63) is 0 Å². The lowest BCUT2D eigenvalue weighted by Crippen LogP contribution is -2.20. The highest BCUT2D eigenvalue weighted by Gasteiger charge is 2.09. The van der Waals surface area contributed by atoms with Gasteiger partial charge < -0.3 is 5.73 Å². The van der Waals surface area contributed by atoms with Gasteiger partial charge in [0, 0.05) is 0 Å². The molecule has 0 aliphatic carbocycles. The first-order valence-electron chi connectivity index (χ1n) is 1.97. The normalized spacial score (nSPS) is 8.67. The number of amides is 2. The monoisotopic (exact) mass is 261 g/mol. The maximum atomic E-state index is 10.5. The second kappa shape index (κ2) is 3.84. The first-order chi connectivity index (χ1) is 4.04. The van der Waals surface area contributed by atoms with Gasteiger partial charge in [0.1, 0.15) is 6.42 Å². The Kier molecular flexibility index (Phi) is 3.79. The minimum Gasteiger partial charge on any atom is -0.369 e. The van der Waals surface area contributed by atoms with Gasteiger partial charge in [-0.05, 0) is 0 Å². The summed E-state index contributed by atoms with van der Waals surface area (Å²) in [7, 11) is 0. The number of nitrogens with zero attached hydrogens (tertiary/aromatic N) is 1. The summed E-state index contributed by atoms with van der Waals surface area (Å²) >= 11 is 5.52. The Morgan fingerprint density at radius 2 is 1.89 bits per heavy atom. The number of hydrogen-bond donors (Lipinski definition) is 1. The summed E-state index contributed by atoms with van der Waals surface area (Å²) in [5.74, 6) is -1.08. The SMILES string of the molecule is N[13C](=O)[13CH2][13C](=O)N(Br)Br. The average molecular weight is 263 g/mol. The maximum Gasteiger partial charge on any atom is 0.252 e. The molecular formula is C3H4Br2N2O2. The van der Waals surface area contributed by atoms with E-state index in [2.05, 4.69) is 32.3 Å². The lowest BCUT2D eigenvalue weighted by Gasteiger charge is -2.00. The van der Waals surface area contributed by atoms with E-state index >= 15 is 0 Å². The highest BCUT2D eigenvalue weighted by molar-refractivity contribution is 9.21. The molecule has 0 rings (SSSR count). The van der Waals surface area contributed by atoms with Crippen molar-refractivity contribution in [2.45, 2.75) is 6.42 Å². The maximum absolute atomic E-state index is 10.5. The quantitative estimate of drug-likeness (QED) is 0.442. The van der Waals surface area contributed by atoms with Gasteiger partial charge in [-0.15, -0.1) is 0 Å². The summed E-state index contributed by atoms with van der Waals surface area (Å²) in [6, 6.07) is 0. The van der Waals surface area contributed by atoms with E-state index in [1.165, 1.54) is 0 Å². The van der Waals surface area contributed by atoms with E-state index < -0.39 is 11.8 Å². The molecule has 4 nitrogen and oxygen atoms in total. The summed E-state index contributed by atoms with van der Waals surface area (Å²) in [6.07, 6.45) is -0.295. The summed E-state index contributed by atoms with van der Waals surface area (Å²) in [5, 5.41) is 0. The zero-order chi connectivity index (χ0) is 7.44. The van der Waals surface area contributed by atoms with E-state index in [9.17, 15) is 9.59 Å². The highest BCUT2D eigenvalue weighted by atomic mass is 79.9. The number of carbonyl (C=O) groups excluding carboxylic acids is 2. The Hall–Kier alpha value is -0.100. The third-order valence-corrected chi connectivity index (χ3v) is 1.31. The van der Waals surface area contributed by atoms with Gasteiger partial charge >= 0.3 is 0 Å². The molecule has 0 saturated heterocycles. The molecule has 0 heterocycles. The predicted molar refractivity (Wildman–Crippen MR) is 38.5 cm³/mol. The van der Waals surface area contributed by atoms with Crippen molar-refractivity contribution >= 4 is 44.1 Å². The van der Waals surface area contributed by atoms with E-state index in [-0.39, 0.29) is 6.42 Å². The van der Waals surface area contributed by atoms with E-state index in [0.29, 0.717) is 0 Å². The van der Waals surface area contributed by atoms with E-state index in [0.717, 1.165) is 2.95 Å². The third kappa shape index (κ3) is 4.41. The Morgan fingerprint density at radius 3 is 2.00 bits per heavy atom. The molecule has 6 heteroatoms. The van der Waals surface area contributed by atoms with Crippen molar-refractivity contribution in [3.8, 4) is 0 Å². The van der Waals surface area contributed by atoms with Gasteiger partial charge in [0.25, 0.3) is 5.91 Å². The van der Waals surface area contributed by atoms with E-state index in [1.54, 1.807) is 0 Å². The van der Waals surface area contributed by atoms with Crippen LogP contribution in [0.3, 0.4) is 0 Å². The predicted octanol–water partition coefficient (Wildman–Crippen LogP) is 0.310. The van der Waals surface area contributed by atoms with Crippen LogP contribution in [-0.4, -0.2) is 14.8 Å². The van der Waals surface area contributed by atoms with Crippen LogP contribution in [0.1, 0.15) is 6.42 Å². The molecule has 0 radical (unpaired) electrons. The molecule has 0 aliphatic rings. The Labute approximate surface area is 69.0 Å². The number of halogens is 2. The fourth-order valence-electron chi connectivity index (χ4n) is 0.209. The second-order valence-corrected chi connectivity index (χ2v) is 3.64. The first kappa shape index (κ1) is 8.90. The molecule has 2 N–H and O–H groups in total. The molecule has 0 unspecified atom stereocenters. The molecule has 0 spiro atoms. The van der Waals surface area contributed by atoms with Crippen molar-refractivity contribution in [1.29, 1.82) is 0 Å². The summed E-state index contributed by atoms with van der Waals surface area (Å²) in [4.78, 5) is 20.5. The fourth-order valence-corrected chi connectivity index (χ4v) is 0.460. The smallest absolute Gasteiger partial charge is 0.252 e. The van der Waals surface area contributed by atoms with Gasteiger partial charge in [0.05, 0.1) is 32.3 Å². The molecule has 0 saturated carbocycles.